The van der Waals surface area contributed by atoms with Gasteiger partial charge in [0.1, 0.15) is 0 Å². The molecule has 1 radical (unpaired) electrons. The van der Waals surface area contributed by atoms with E-state index in [1.165, 1.54) is 0 Å². The maximum absolute atomic E-state index is 4.14. The van der Waals surface area contributed by atoms with Crippen molar-refractivity contribution in [3.05, 3.63) is 35.1 Å². The Kier molecular flexibility index (Phi) is 1.58. The topological polar surface area (TPSA) is 25.8 Å². The molecule has 0 saturated heterocycles. The number of pyridine rings is 2. The van der Waals surface area contributed by atoms with Crippen molar-refractivity contribution < 1.29 is 0 Å². The van der Waals surface area contributed by atoms with E-state index >= 15 is 0 Å². The second kappa shape index (κ2) is 2.58. The van der Waals surface area contributed by atoms with E-state index in [0.717, 1.165) is 15.5 Å². The van der Waals surface area contributed by atoms with Gasteiger partial charge in [-0.1, -0.05) is 0 Å². The minimum Gasteiger partial charge on any atom is -0.254 e. The van der Waals surface area contributed by atoms with Gasteiger partial charge in [-0.25, -0.2) is 0 Å². The molecular formula is C8H4BrN2. The molecule has 0 amide bonds. The van der Waals surface area contributed by atoms with Crippen LogP contribution in [0.4, 0.5) is 0 Å². The van der Waals surface area contributed by atoms with Crippen molar-refractivity contribution in [3.63, 3.8) is 0 Å². The van der Waals surface area contributed by atoms with E-state index in [1.54, 1.807) is 12.4 Å². The number of rotatable bonds is 0. The molecule has 53 valence electrons. The zero-order valence-electron chi connectivity index (χ0n) is 5.58. The highest BCUT2D eigenvalue weighted by atomic mass is 79.9. The second-order valence-corrected chi connectivity index (χ2v) is 3.04. The molecule has 11 heavy (non-hydrogen) atoms. The van der Waals surface area contributed by atoms with Crippen LogP contribution in [0.2, 0.25) is 0 Å². The summed E-state index contributed by atoms with van der Waals surface area (Å²) in [7, 11) is 0. The molecule has 2 aromatic heterocycles. The predicted molar refractivity (Wildman–Crippen MR) is 46.1 cm³/mol. The number of nitrogens with zero attached hydrogens (tertiary/aromatic N) is 2. The number of fused-ring (bicyclic) bond motifs is 1. The lowest BCUT2D eigenvalue weighted by molar-refractivity contribution is 1.32. The summed E-state index contributed by atoms with van der Waals surface area (Å²) in [5, 5.41) is 0. The fraction of sp³-hybridized carbons (Fsp3) is 0. The molecule has 0 N–H and O–H groups in total. The molecule has 3 heteroatoms. The van der Waals surface area contributed by atoms with E-state index in [9.17, 15) is 0 Å². The first kappa shape index (κ1) is 6.73. The minimum absolute atomic E-state index is 0.871. The van der Waals surface area contributed by atoms with Gasteiger partial charge in [-0.2, -0.15) is 0 Å². The van der Waals surface area contributed by atoms with E-state index in [0.29, 0.717) is 0 Å². The van der Waals surface area contributed by atoms with Gasteiger partial charge >= 0.3 is 0 Å². The zero-order chi connectivity index (χ0) is 7.68. The van der Waals surface area contributed by atoms with Gasteiger partial charge in [0.15, 0.2) is 0 Å². The highest BCUT2D eigenvalue weighted by Gasteiger charge is 1.93. The van der Waals surface area contributed by atoms with E-state index in [-0.39, 0.29) is 0 Å². The first-order valence-corrected chi connectivity index (χ1v) is 3.93. The summed E-state index contributed by atoms with van der Waals surface area (Å²) >= 11 is 3.32. The number of aromatic nitrogens is 2. The standard InChI is InChI=1S/C8H4BrN2/c9-6-4-8-7(11-5-6)2-1-3-10-8/h2-5H. The summed E-state index contributed by atoms with van der Waals surface area (Å²) in [6.45, 7) is 0. The highest BCUT2D eigenvalue weighted by molar-refractivity contribution is 9.10. The Morgan fingerprint density at radius 2 is 2.18 bits per heavy atom. The third-order valence-corrected chi connectivity index (χ3v) is 1.80. The van der Waals surface area contributed by atoms with Crippen LogP contribution in [0.1, 0.15) is 0 Å². The quantitative estimate of drug-likeness (QED) is 0.663. The Morgan fingerprint density at radius 1 is 1.27 bits per heavy atom. The van der Waals surface area contributed by atoms with Crippen molar-refractivity contribution in [1.82, 2.24) is 9.97 Å². The number of hydrogen-bond acceptors (Lipinski definition) is 2. The van der Waals surface area contributed by atoms with Crippen LogP contribution >= 0.6 is 15.9 Å². The summed E-state index contributed by atoms with van der Waals surface area (Å²) in [4.78, 5) is 8.23. The van der Waals surface area contributed by atoms with Gasteiger partial charge in [-0.3, -0.25) is 9.97 Å². The average molecular weight is 208 g/mol. The van der Waals surface area contributed by atoms with Crippen LogP contribution in [0.25, 0.3) is 11.0 Å². The molecule has 2 nitrogen and oxygen atoms in total. The Labute approximate surface area is 72.4 Å². The Balaban J connectivity index is 2.83. The summed E-state index contributed by atoms with van der Waals surface area (Å²) in [5.41, 5.74) is 1.76. The van der Waals surface area contributed by atoms with Crippen LogP contribution < -0.4 is 0 Å². The smallest absolute Gasteiger partial charge is 0.0898 e. The molecule has 2 heterocycles. The van der Waals surface area contributed by atoms with Crippen LogP contribution in [-0.2, 0) is 0 Å². The van der Waals surface area contributed by atoms with Gasteiger partial charge in [-0.15, -0.1) is 0 Å². The summed E-state index contributed by atoms with van der Waals surface area (Å²) < 4.78 is 0.948. The molecule has 0 atom stereocenters. The zero-order valence-corrected chi connectivity index (χ0v) is 7.17. The molecule has 0 unspecified atom stereocenters. The summed E-state index contributed by atoms with van der Waals surface area (Å²) in [6.07, 6.45) is 3.38. The normalized spacial score (nSPS) is 10.3. The number of hydrogen-bond donors (Lipinski definition) is 0. The molecule has 0 spiro atoms. The van der Waals surface area contributed by atoms with Crippen LogP contribution in [0.5, 0.6) is 0 Å². The Bertz CT molecular complexity index is 387. The van der Waals surface area contributed by atoms with Crippen molar-refractivity contribution in [2.75, 3.05) is 0 Å². The van der Waals surface area contributed by atoms with Crippen molar-refractivity contribution in [3.8, 4) is 0 Å². The average Bonchev–Trinajstić information content (AvgIpc) is 2.04. The molecule has 0 fully saturated rings. The molecule has 0 aliphatic carbocycles. The largest absolute Gasteiger partial charge is 0.254 e. The Morgan fingerprint density at radius 3 is 3.09 bits per heavy atom. The van der Waals surface area contributed by atoms with Crippen LogP contribution in [-0.4, -0.2) is 9.97 Å². The third kappa shape index (κ3) is 1.24. The molecule has 0 saturated carbocycles. The lowest BCUT2D eigenvalue weighted by Crippen LogP contribution is -1.80. The second-order valence-electron chi connectivity index (χ2n) is 2.13. The SMILES string of the molecule is Brc1cnc2c[c]cnc2c1. The van der Waals surface area contributed by atoms with E-state index in [1.807, 2.05) is 12.1 Å². The maximum atomic E-state index is 4.14. The lowest BCUT2D eigenvalue weighted by Gasteiger charge is -1.93. The van der Waals surface area contributed by atoms with Gasteiger partial charge in [0, 0.05) is 22.9 Å². The summed E-state index contributed by atoms with van der Waals surface area (Å²) in [5.74, 6) is 0. The molecule has 0 aliphatic heterocycles. The van der Waals surface area contributed by atoms with E-state index in [4.69, 9.17) is 0 Å². The van der Waals surface area contributed by atoms with E-state index in [2.05, 4.69) is 32.0 Å². The molecule has 0 bridgehead atoms. The molecule has 0 aliphatic rings. The predicted octanol–water partition coefficient (Wildman–Crippen LogP) is 2.19. The van der Waals surface area contributed by atoms with Gasteiger partial charge in [0.05, 0.1) is 11.0 Å². The van der Waals surface area contributed by atoms with Gasteiger partial charge < -0.3 is 0 Å². The van der Waals surface area contributed by atoms with Crippen molar-refractivity contribution >= 4 is 27.0 Å². The van der Waals surface area contributed by atoms with Crippen molar-refractivity contribution in [2.24, 2.45) is 0 Å². The third-order valence-electron chi connectivity index (χ3n) is 1.36. The van der Waals surface area contributed by atoms with Crippen LogP contribution in [0.15, 0.2) is 29.0 Å². The molecule has 2 aromatic rings. The van der Waals surface area contributed by atoms with Gasteiger partial charge in [0.25, 0.3) is 0 Å². The lowest BCUT2D eigenvalue weighted by atomic mass is 10.3. The monoisotopic (exact) mass is 207 g/mol. The fourth-order valence-electron chi connectivity index (χ4n) is 0.877. The first-order chi connectivity index (χ1) is 5.36. The van der Waals surface area contributed by atoms with Crippen molar-refractivity contribution in [2.45, 2.75) is 0 Å². The molecule has 0 aromatic carbocycles. The Hall–Kier alpha value is -0.960. The van der Waals surface area contributed by atoms with E-state index < -0.39 is 0 Å². The molecule has 2 rings (SSSR count). The highest BCUT2D eigenvalue weighted by Crippen LogP contribution is 2.13. The summed E-state index contributed by atoms with van der Waals surface area (Å²) in [6, 6.07) is 6.61. The van der Waals surface area contributed by atoms with Gasteiger partial charge in [-0.05, 0) is 28.1 Å². The minimum atomic E-state index is 0.871. The number of halogens is 1. The van der Waals surface area contributed by atoms with Crippen LogP contribution in [0.3, 0.4) is 0 Å². The van der Waals surface area contributed by atoms with Crippen molar-refractivity contribution in [1.29, 1.82) is 0 Å². The molecular weight excluding hydrogens is 204 g/mol. The fourth-order valence-corrected chi connectivity index (χ4v) is 1.20. The van der Waals surface area contributed by atoms with Crippen LogP contribution in [0, 0.1) is 6.07 Å². The maximum Gasteiger partial charge on any atom is 0.0898 e. The first-order valence-electron chi connectivity index (χ1n) is 3.13. The van der Waals surface area contributed by atoms with Gasteiger partial charge in [0.2, 0.25) is 0 Å².